The first-order valence-electron chi connectivity index (χ1n) is 6.68. The van der Waals surface area contributed by atoms with E-state index in [4.69, 9.17) is 39.5 Å². The minimum atomic E-state index is -0.674. The Morgan fingerprint density at radius 2 is 1.86 bits per heavy atom. The number of benzene rings is 2. The van der Waals surface area contributed by atoms with Gasteiger partial charge in [0.25, 0.3) is 5.91 Å². The number of halogens is 3. The van der Waals surface area contributed by atoms with Gasteiger partial charge in [0.15, 0.2) is 6.10 Å². The SMILES string of the molecule is CCC(Oc1ccccc1Cl)C(=O)Nc1ccc(Cl)cc1Cl. The summed E-state index contributed by atoms with van der Waals surface area (Å²) >= 11 is 17.9. The highest BCUT2D eigenvalue weighted by Gasteiger charge is 2.20. The van der Waals surface area contributed by atoms with E-state index >= 15 is 0 Å². The molecule has 0 radical (unpaired) electrons. The smallest absolute Gasteiger partial charge is 0.265 e. The van der Waals surface area contributed by atoms with Crippen LogP contribution in [-0.4, -0.2) is 12.0 Å². The van der Waals surface area contributed by atoms with Crippen molar-refractivity contribution in [3.05, 3.63) is 57.5 Å². The molecule has 2 aromatic carbocycles. The summed E-state index contributed by atoms with van der Waals surface area (Å²) in [4.78, 5) is 12.3. The summed E-state index contributed by atoms with van der Waals surface area (Å²) in [7, 11) is 0. The van der Waals surface area contributed by atoms with Gasteiger partial charge < -0.3 is 10.1 Å². The molecule has 0 aliphatic carbocycles. The highest BCUT2D eigenvalue weighted by atomic mass is 35.5. The average molecular weight is 359 g/mol. The fourth-order valence-corrected chi connectivity index (χ4v) is 2.46. The number of amides is 1. The van der Waals surface area contributed by atoms with Gasteiger partial charge in [0.2, 0.25) is 0 Å². The Hall–Kier alpha value is -1.42. The van der Waals surface area contributed by atoms with Gasteiger partial charge in [-0.25, -0.2) is 0 Å². The summed E-state index contributed by atoms with van der Waals surface area (Å²) in [5.74, 6) is 0.167. The Morgan fingerprint density at radius 3 is 2.50 bits per heavy atom. The second-order valence-electron chi connectivity index (χ2n) is 4.56. The molecule has 0 aliphatic rings. The maximum atomic E-state index is 12.3. The molecule has 0 aromatic heterocycles. The third kappa shape index (κ3) is 4.29. The van der Waals surface area contributed by atoms with Crippen LogP contribution in [0.25, 0.3) is 0 Å². The van der Waals surface area contributed by atoms with Gasteiger partial charge in [-0.05, 0) is 36.8 Å². The number of nitrogens with one attached hydrogen (secondary N) is 1. The number of para-hydroxylation sites is 1. The third-order valence-electron chi connectivity index (χ3n) is 2.96. The topological polar surface area (TPSA) is 38.3 Å². The van der Waals surface area contributed by atoms with Crippen LogP contribution < -0.4 is 10.1 Å². The first-order valence-corrected chi connectivity index (χ1v) is 7.81. The first kappa shape index (κ1) is 16.9. The predicted molar refractivity (Wildman–Crippen MR) is 91.3 cm³/mol. The van der Waals surface area contributed by atoms with Gasteiger partial charge in [-0.2, -0.15) is 0 Å². The quantitative estimate of drug-likeness (QED) is 0.772. The Kier molecular flexibility index (Phi) is 5.95. The number of carbonyl (C=O) groups is 1. The van der Waals surface area contributed by atoms with E-state index in [0.29, 0.717) is 32.9 Å². The zero-order valence-electron chi connectivity index (χ0n) is 11.8. The molecule has 6 heteroatoms. The largest absolute Gasteiger partial charge is 0.479 e. The molecular formula is C16H14Cl3NO2. The lowest BCUT2D eigenvalue weighted by atomic mass is 10.2. The van der Waals surface area contributed by atoms with Crippen LogP contribution in [0.5, 0.6) is 5.75 Å². The van der Waals surface area contributed by atoms with Crippen molar-refractivity contribution in [3.63, 3.8) is 0 Å². The van der Waals surface area contributed by atoms with Gasteiger partial charge in [-0.1, -0.05) is 53.9 Å². The fourth-order valence-electron chi connectivity index (χ4n) is 1.82. The molecule has 22 heavy (non-hydrogen) atoms. The van der Waals surface area contributed by atoms with Crippen molar-refractivity contribution in [2.24, 2.45) is 0 Å². The maximum Gasteiger partial charge on any atom is 0.265 e. The lowest BCUT2D eigenvalue weighted by Crippen LogP contribution is -2.32. The van der Waals surface area contributed by atoms with Crippen molar-refractivity contribution in [3.8, 4) is 5.75 Å². The number of hydrogen-bond acceptors (Lipinski definition) is 2. The van der Waals surface area contributed by atoms with Crippen molar-refractivity contribution < 1.29 is 9.53 Å². The standard InChI is InChI=1S/C16H14Cl3NO2/c1-2-14(22-15-6-4-3-5-11(15)18)16(21)20-13-8-7-10(17)9-12(13)19/h3-9,14H,2H2,1H3,(H,20,21). The summed E-state index contributed by atoms with van der Waals surface area (Å²) < 4.78 is 5.68. The van der Waals surface area contributed by atoms with Crippen LogP contribution in [0.15, 0.2) is 42.5 Å². The molecule has 0 bridgehead atoms. The normalized spacial score (nSPS) is 11.8. The Balaban J connectivity index is 2.10. The van der Waals surface area contributed by atoms with E-state index in [1.165, 1.54) is 0 Å². The Labute approximate surface area is 144 Å². The number of carbonyl (C=O) groups excluding carboxylic acids is 1. The number of hydrogen-bond donors (Lipinski definition) is 1. The van der Waals surface area contributed by atoms with Crippen LogP contribution in [0.4, 0.5) is 5.69 Å². The summed E-state index contributed by atoms with van der Waals surface area (Å²) in [6, 6.07) is 11.9. The van der Waals surface area contributed by atoms with Gasteiger partial charge in [0, 0.05) is 5.02 Å². The van der Waals surface area contributed by atoms with Crippen LogP contribution in [0.1, 0.15) is 13.3 Å². The number of anilines is 1. The molecule has 2 rings (SSSR count). The highest BCUT2D eigenvalue weighted by molar-refractivity contribution is 6.36. The lowest BCUT2D eigenvalue weighted by Gasteiger charge is -2.18. The monoisotopic (exact) mass is 357 g/mol. The highest BCUT2D eigenvalue weighted by Crippen LogP contribution is 2.27. The second-order valence-corrected chi connectivity index (χ2v) is 5.81. The molecule has 0 fully saturated rings. The molecule has 0 aliphatic heterocycles. The summed E-state index contributed by atoms with van der Waals surface area (Å²) in [6.07, 6.45) is -0.186. The van der Waals surface area contributed by atoms with E-state index in [0.717, 1.165) is 0 Å². The zero-order chi connectivity index (χ0) is 16.1. The molecule has 0 spiro atoms. The van der Waals surface area contributed by atoms with Gasteiger partial charge >= 0.3 is 0 Å². The van der Waals surface area contributed by atoms with Crippen molar-refractivity contribution in [1.29, 1.82) is 0 Å². The lowest BCUT2D eigenvalue weighted by molar-refractivity contribution is -0.122. The maximum absolute atomic E-state index is 12.3. The molecule has 1 unspecified atom stereocenters. The Bertz CT molecular complexity index is 676. The molecule has 1 amide bonds. The van der Waals surface area contributed by atoms with Crippen LogP contribution in [0.2, 0.25) is 15.1 Å². The summed E-state index contributed by atoms with van der Waals surface area (Å²) in [5.41, 5.74) is 0.484. The predicted octanol–water partition coefficient (Wildman–Crippen LogP) is 5.44. The van der Waals surface area contributed by atoms with E-state index in [1.807, 2.05) is 6.92 Å². The van der Waals surface area contributed by atoms with Crippen molar-refractivity contribution in [2.45, 2.75) is 19.4 Å². The van der Waals surface area contributed by atoms with Gasteiger partial charge in [0.05, 0.1) is 15.7 Å². The van der Waals surface area contributed by atoms with Crippen molar-refractivity contribution >= 4 is 46.4 Å². The molecule has 0 saturated heterocycles. The van der Waals surface area contributed by atoms with E-state index in [2.05, 4.69) is 5.32 Å². The van der Waals surface area contributed by atoms with Crippen LogP contribution >= 0.6 is 34.8 Å². The van der Waals surface area contributed by atoms with E-state index in [-0.39, 0.29) is 5.91 Å². The van der Waals surface area contributed by atoms with Gasteiger partial charge in [-0.15, -0.1) is 0 Å². The second kappa shape index (κ2) is 7.73. The van der Waals surface area contributed by atoms with Crippen LogP contribution in [0.3, 0.4) is 0 Å². The van der Waals surface area contributed by atoms with Gasteiger partial charge in [0.1, 0.15) is 5.75 Å². The minimum absolute atomic E-state index is 0.299. The molecule has 1 atom stereocenters. The van der Waals surface area contributed by atoms with E-state index in [9.17, 15) is 4.79 Å². The fraction of sp³-hybridized carbons (Fsp3) is 0.188. The molecule has 116 valence electrons. The number of rotatable bonds is 5. The van der Waals surface area contributed by atoms with Crippen LogP contribution in [0, 0.1) is 0 Å². The zero-order valence-corrected chi connectivity index (χ0v) is 14.0. The third-order valence-corrected chi connectivity index (χ3v) is 3.82. The summed E-state index contributed by atoms with van der Waals surface area (Å²) in [5, 5.41) is 4.06. The molecule has 3 nitrogen and oxygen atoms in total. The van der Waals surface area contributed by atoms with Gasteiger partial charge in [-0.3, -0.25) is 4.79 Å². The molecular weight excluding hydrogens is 345 g/mol. The van der Waals surface area contributed by atoms with Crippen molar-refractivity contribution in [1.82, 2.24) is 0 Å². The molecule has 0 heterocycles. The molecule has 1 N–H and O–H groups in total. The van der Waals surface area contributed by atoms with E-state index in [1.54, 1.807) is 42.5 Å². The molecule has 0 saturated carbocycles. The first-order chi connectivity index (χ1) is 10.5. The number of ether oxygens (including phenoxy) is 1. The van der Waals surface area contributed by atoms with Crippen LogP contribution in [-0.2, 0) is 4.79 Å². The van der Waals surface area contributed by atoms with Crippen molar-refractivity contribution in [2.75, 3.05) is 5.32 Å². The molecule has 2 aromatic rings. The summed E-state index contributed by atoms with van der Waals surface area (Å²) in [6.45, 7) is 1.85. The van der Waals surface area contributed by atoms with E-state index < -0.39 is 6.10 Å². The average Bonchev–Trinajstić information content (AvgIpc) is 2.49. The minimum Gasteiger partial charge on any atom is -0.479 e. The Morgan fingerprint density at radius 1 is 1.14 bits per heavy atom.